The summed E-state index contributed by atoms with van der Waals surface area (Å²) in [6.07, 6.45) is 2.80. The molecule has 0 amide bonds. The van der Waals surface area contributed by atoms with Crippen molar-refractivity contribution >= 4 is 11.6 Å². The average Bonchev–Trinajstić information content (AvgIpc) is 1.95. The molecule has 0 saturated carbocycles. The van der Waals surface area contributed by atoms with E-state index in [1.54, 1.807) is 0 Å². The van der Waals surface area contributed by atoms with Gasteiger partial charge < -0.3 is 0 Å². The Balaban J connectivity index is 3.27. The van der Waals surface area contributed by atoms with Crippen LogP contribution in [0.5, 0.6) is 0 Å². The summed E-state index contributed by atoms with van der Waals surface area (Å²) in [6, 6.07) is 5.69. The maximum absolute atomic E-state index is 5.82. The van der Waals surface area contributed by atoms with Crippen molar-refractivity contribution in [2.75, 3.05) is 0 Å². The van der Waals surface area contributed by atoms with Gasteiger partial charge >= 0.3 is 0 Å². The monoisotopic (exact) mass is 151 g/mol. The Kier molecular flexibility index (Phi) is 2.13. The standard InChI is InChI=1S/C9H8Cl/c1-3-8-5-4-6-9(10)7(8)2/h4-6H,1H2,2H3. The van der Waals surface area contributed by atoms with Gasteiger partial charge in [-0.15, -0.1) is 0 Å². The second kappa shape index (κ2) is 2.89. The number of rotatable bonds is 1. The van der Waals surface area contributed by atoms with Crippen molar-refractivity contribution in [1.29, 1.82) is 0 Å². The molecule has 1 radical (unpaired) electrons. The van der Waals surface area contributed by atoms with Gasteiger partial charge in [-0.1, -0.05) is 30.3 Å². The zero-order chi connectivity index (χ0) is 7.56. The van der Waals surface area contributed by atoms with Gasteiger partial charge in [-0.05, 0) is 30.2 Å². The molecule has 1 aromatic carbocycles. The summed E-state index contributed by atoms with van der Waals surface area (Å²) >= 11 is 5.82. The van der Waals surface area contributed by atoms with Crippen LogP contribution in [0.1, 0.15) is 11.1 Å². The van der Waals surface area contributed by atoms with E-state index in [9.17, 15) is 0 Å². The van der Waals surface area contributed by atoms with Crippen molar-refractivity contribution in [3.05, 3.63) is 47.0 Å². The van der Waals surface area contributed by atoms with E-state index in [1.165, 1.54) is 0 Å². The van der Waals surface area contributed by atoms with Crippen LogP contribution in [-0.2, 0) is 0 Å². The third-order valence-electron chi connectivity index (χ3n) is 1.46. The SMILES string of the molecule is C=[C]c1cccc(Cl)c1C. The van der Waals surface area contributed by atoms with Gasteiger partial charge in [0.1, 0.15) is 0 Å². The van der Waals surface area contributed by atoms with Crippen molar-refractivity contribution in [2.45, 2.75) is 6.92 Å². The summed E-state index contributed by atoms with van der Waals surface area (Å²) < 4.78 is 0. The fraction of sp³-hybridized carbons (Fsp3) is 0.111. The van der Waals surface area contributed by atoms with E-state index >= 15 is 0 Å². The lowest BCUT2D eigenvalue weighted by atomic mass is 10.1. The minimum Gasteiger partial charge on any atom is -0.0905 e. The van der Waals surface area contributed by atoms with Crippen LogP contribution in [0.4, 0.5) is 0 Å². The highest BCUT2D eigenvalue weighted by Crippen LogP contribution is 2.17. The van der Waals surface area contributed by atoms with Crippen LogP contribution in [0.15, 0.2) is 24.8 Å². The minimum atomic E-state index is 0.772. The Morgan fingerprint density at radius 1 is 1.50 bits per heavy atom. The summed E-state index contributed by atoms with van der Waals surface area (Å²) in [5, 5.41) is 0.772. The van der Waals surface area contributed by atoms with Crippen molar-refractivity contribution in [3.63, 3.8) is 0 Å². The Labute approximate surface area is 66.1 Å². The fourth-order valence-electron chi connectivity index (χ4n) is 0.799. The molecule has 0 nitrogen and oxygen atoms in total. The van der Waals surface area contributed by atoms with Gasteiger partial charge in [-0.25, -0.2) is 0 Å². The van der Waals surface area contributed by atoms with Gasteiger partial charge in [-0.2, -0.15) is 0 Å². The van der Waals surface area contributed by atoms with Gasteiger partial charge in [0.25, 0.3) is 0 Å². The first kappa shape index (κ1) is 7.36. The molecule has 0 aliphatic carbocycles. The molecule has 1 rings (SSSR count). The summed E-state index contributed by atoms with van der Waals surface area (Å²) in [5.41, 5.74) is 2.02. The Hall–Kier alpha value is -0.750. The summed E-state index contributed by atoms with van der Waals surface area (Å²) in [6.45, 7) is 5.50. The van der Waals surface area contributed by atoms with Crippen LogP contribution < -0.4 is 0 Å². The van der Waals surface area contributed by atoms with Crippen molar-refractivity contribution < 1.29 is 0 Å². The molecule has 1 heteroatoms. The molecule has 1 aromatic rings. The van der Waals surface area contributed by atoms with E-state index in [4.69, 9.17) is 11.6 Å². The lowest BCUT2D eigenvalue weighted by Gasteiger charge is -1.99. The second-order valence-electron chi connectivity index (χ2n) is 2.09. The van der Waals surface area contributed by atoms with Gasteiger partial charge in [0, 0.05) is 5.02 Å². The molecule has 51 valence electrons. The van der Waals surface area contributed by atoms with Crippen molar-refractivity contribution in [1.82, 2.24) is 0 Å². The largest absolute Gasteiger partial charge is 0.0905 e. The molecule has 0 saturated heterocycles. The van der Waals surface area contributed by atoms with E-state index in [0.717, 1.165) is 16.1 Å². The molecule has 0 N–H and O–H groups in total. The Morgan fingerprint density at radius 3 is 2.70 bits per heavy atom. The van der Waals surface area contributed by atoms with Crippen molar-refractivity contribution in [3.8, 4) is 0 Å². The first-order valence-electron chi connectivity index (χ1n) is 3.04. The fourth-order valence-corrected chi connectivity index (χ4v) is 0.974. The highest BCUT2D eigenvalue weighted by molar-refractivity contribution is 6.31. The van der Waals surface area contributed by atoms with E-state index in [2.05, 4.69) is 12.7 Å². The second-order valence-corrected chi connectivity index (χ2v) is 2.50. The first-order chi connectivity index (χ1) is 4.75. The van der Waals surface area contributed by atoms with Crippen molar-refractivity contribution in [2.24, 2.45) is 0 Å². The lowest BCUT2D eigenvalue weighted by Crippen LogP contribution is -1.80. The third kappa shape index (κ3) is 1.22. The van der Waals surface area contributed by atoms with E-state index in [-0.39, 0.29) is 0 Å². The third-order valence-corrected chi connectivity index (χ3v) is 1.87. The minimum absolute atomic E-state index is 0.772. The van der Waals surface area contributed by atoms with E-state index < -0.39 is 0 Å². The van der Waals surface area contributed by atoms with E-state index in [0.29, 0.717) is 0 Å². The van der Waals surface area contributed by atoms with Crippen LogP contribution in [-0.4, -0.2) is 0 Å². The molecule has 10 heavy (non-hydrogen) atoms. The van der Waals surface area contributed by atoms with Crippen LogP contribution in [0.2, 0.25) is 5.02 Å². The highest BCUT2D eigenvalue weighted by atomic mass is 35.5. The van der Waals surface area contributed by atoms with Crippen LogP contribution in [0.3, 0.4) is 0 Å². The van der Waals surface area contributed by atoms with Crippen LogP contribution in [0, 0.1) is 13.0 Å². The smallest absolute Gasteiger partial charge is 0.0441 e. The maximum atomic E-state index is 5.82. The zero-order valence-corrected chi connectivity index (χ0v) is 6.57. The first-order valence-corrected chi connectivity index (χ1v) is 3.41. The molecule has 0 heterocycles. The molecule has 0 fully saturated rings. The molecule has 0 aliphatic heterocycles. The van der Waals surface area contributed by atoms with Gasteiger partial charge in [0.15, 0.2) is 0 Å². The predicted octanol–water partition coefficient (Wildman–Crippen LogP) is 2.99. The summed E-state index contributed by atoms with van der Waals surface area (Å²) in [4.78, 5) is 0. The number of hydrogen-bond donors (Lipinski definition) is 0. The number of benzene rings is 1. The molecular weight excluding hydrogens is 144 g/mol. The molecular formula is C9H8Cl. The normalized spacial score (nSPS) is 9.40. The molecule has 0 aromatic heterocycles. The zero-order valence-electron chi connectivity index (χ0n) is 5.82. The van der Waals surface area contributed by atoms with Gasteiger partial charge in [0.2, 0.25) is 0 Å². The molecule has 0 unspecified atom stereocenters. The summed E-state index contributed by atoms with van der Waals surface area (Å²) in [5.74, 6) is 0. The molecule has 0 atom stereocenters. The lowest BCUT2D eigenvalue weighted by molar-refractivity contribution is 1.40. The van der Waals surface area contributed by atoms with Gasteiger partial charge in [-0.3, -0.25) is 0 Å². The maximum Gasteiger partial charge on any atom is 0.0441 e. The average molecular weight is 152 g/mol. The Bertz CT molecular complexity index is 251. The highest BCUT2D eigenvalue weighted by Gasteiger charge is 1.96. The number of hydrogen-bond acceptors (Lipinski definition) is 0. The number of halogens is 1. The predicted molar refractivity (Wildman–Crippen MR) is 44.2 cm³/mol. The molecule has 0 aliphatic rings. The van der Waals surface area contributed by atoms with E-state index in [1.807, 2.05) is 25.1 Å². The van der Waals surface area contributed by atoms with Crippen LogP contribution in [0.25, 0.3) is 0 Å². The Morgan fingerprint density at radius 2 is 2.20 bits per heavy atom. The topological polar surface area (TPSA) is 0 Å². The quantitative estimate of drug-likeness (QED) is 0.579. The molecule has 0 bridgehead atoms. The summed E-state index contributed by atoms with van der Waals surface area (Å²) in [7, 11) is 0. The molecule has 0 spiro atoms. The van der Waals surface area contributed by atoms with Gasteiger partial charge in [0.05, 0.1) is 0 Å². The van der Waals surface area contributed by atoms with Crippen LogP contribution >= 0.6 is 11.6 Å².